The van der Waals surface area contributed by atoms with E-state index in [4.69, 9.17) is 28.7 Å². The number of ether oxygens (including phenoxy) is 5. The number of aliphatic imine (C=N–C) groups is 1. The molecule has 224 valence electrons. The second kappa shape index (κ2) is 13.0. The van der Waals surface area contributed by atoms with Crippen molar-refractivity contribution in [3.05, 3.63) is 89.1 Å². The Morgan fingerprint density at radius 3 is 2.26 bits per heavy atom. The van der Waals surface area contributed by atoms with E-state index in [1.54, 1.807) is 39.3 Å². The molecule has 3 aromatic carbocycles. The van der Waals surface area contributed by atoms with Gasteiger partial charge in [0.05, 0.1) is 21.3 Å². The number of carbonyl (C=O) groups is 2. The maximum Gasteiger partial charge on any atom is 0.315 e. The smallest absolute Gasteiger partial charge is 0.315 e. The largest absolute Gasteiger partial charge is 0.504 e. The summed E-state index contributed by atoms with van der Waals surface area (Å²) in [5.41, 5.74) is 3.16. The topological polar surface area (TPSA) is 113 Å². The summed E-state index contributed by atoms with van der Waals surface area (Å²) in [5, 5.41) is 10.6. The Hall–Kier alpha value is -4.79. The van der Waals surface area contributed by atoms with E-state index in [0.29, 0.717) is 52.0 Å². The van der Waals surface area contributed by atoms with Crippen molar-refractivity contribution in [2.75, 3.05) is 34.5 Å². The number of aromatic hydroxyl groups is 1. The summed E-state index contributed by atoms with van der Waals surface area (Å²) >= 11 is 0. The summed E-state index contributed by atoms with van der Waals surface area (Å²) in [4.78, 5) is 32.4. The summed E-state index contributed by atoms with van der Waals surface area (Å²) in [6.07, 6.45) is 0.730. The molecule has 1 heterocycles. The van der Waals surface area contributed by atoms with Crippen molar-refractivity contribution in [1.82, 2.24) is 0 Å². The number of Topliss-reactive ketones (excluding diaryl/α,β-unsaturated/α-hetero) is 1. The molecule has 0 amide bonds. The van der Waals surface area contributed by atoms with E-state index in [0.717, 1.165) is 5.56 Å². The molecule has 43 heavy (non-hydrogen) atoms. The molecule has 0 fully saturated rings. The summed E-state index contributed by atoms with van der Waals surface area (Å²) in [5.74, 6) is -0.232. The van der Waals surface area contributed by atoms with Crippen molar-refractivity contribution in [2.24, 2.45) is 10.9 Å². The molecule has 0 bridgehead atoms. The standard InChI is InChI=1S/C34H35NO8/c1-20-31(34(38)43-15-14-42-24-8-6-5-7-9-24)32(22-11-12-28(39-2)26(36)17-22)33-25(35-20)16-23(18-27(33)37)21-10-13-29(40-3)30(19-21)41-4/h5-13,17,19,23,31-32,36H,14-16,18H2,1-4H3/t23-,31?,32-/m1/s1. The van der Waals surface area contributed by atoms with Gasteiger partial charge in [-0.1, -0.05) is 30.3 Å². The Kier molecular flexibility index (Phi) is 8.99. The zero-order valence-corrected chi connectivity index (χ0v) is 24.7. The van der Waals surface area contributed by atoms with Crippen LogP contribution in [-0.2, 0) is 14.3 Å². The van der Waals surface area contributed by atoms with Crippen LogP contribution in [0.4, 0.5) is 0 Å². The van der Waals surface area contributed by atoms with Crippen LogP contribution in [0.1, 0.15) is 42.7 Å². The highest BCUT2D eigenvalue weighted by molar-refractivity contribution is 6.09. The Morgan fingerprint density at radius 1 is 0.860 bits per heavy atom. The lowest BCUT2D eigenvalue weighted by Crippen LogP contribution is -2.38. The molecule has 1 aliphatic heterocycles. The fourth-order valence-electron chi connectivity index (χ4n) is 5.88. The van der Waals surface area contributed by atoms with Crippen molar-refractivity contribution in [3.63, 3.8) is 0 Å². The molecular weight excluding hydrogens is 550 g/mol. The van der Waals surface area contributed by atoms with Crippen LogP contribution in [0.3, 0.4) is 0 Å². The van der Waals surface area contributed by atoms with Gasteiger partial charge in [0, 0.05) is 29.3 Å². The maximum atomic E-state index is 13.9. The molecule has 9 nitrogen and oxygen atoms in total. The highest BCUT2D eigenvalue weighted by Gasteiger charge is 2.45. The molecule has 0 radical (unpaired) electrons. The van der Waals surface area contributed by atoms with Crippen molar-refractivity contribution in [2.45, 2.75) is 31.6 Å². The SMILES string of the molecule is COc1ccc([C@H]2C3=C(C[C@@H](c4ccc(OC)c(OC)c4)CC3=O)N=C(C)C2C(=O)OCCOc2ccccc2)cc1O. The lowest BCUT2D eigenvalue weighted by Gasteiger charge is -2.36. The van der Waals surface area contributed by atoms with Crippen molar-refractivity contribution in [1.29, 1.82) is 0 Å². The number of para-hydroxylation sites is 1. The number of phenolic OH excluding ortho intramolecular Hbond substituents is 1. The number of esters is 1. The highest BCUT2D eigenvalue weighted by atomic mass is 16.6. The van der Waals surface area contributed by atoms with Gasteiger partial charge in [-0.25, -0.2) is 0 Å². The zero-order valence-electron chi connectivity index (χ0n) is 24.7. The Balaban J connectivity index is 1.45. The van der Waals surface area contributed by atoms with Gasteiger partial charge in [0.25, 0.3) is 0 Å². The molecule has 1 aliphatic carbocycles. The third-order valence-corrected chi connectivity index (χ3v) is 7.92. The number of allylic oxidation sites excluding steroid dienone is 2. The number of rotatable bonds is 10. The first-order valence-electron chi connectivity index (χ1n) is 14.1. The minimum atomic E-state index is -0.857. The summed E-state index contributed by atoms with van der Waals surface area (Å²) < 4.78 is 27.4. The summed E-state index contributed by atoms with van der Waals surface area (Å²) in [6, 6.07) is 19.8. The lowest BCUT2D eigenvalue weighted by molar-refractivity contribution is -0.147. The van der Waals surface area contributed by atoms with E-state index in [1.165, 1.54) is 7.11 Å². The number of hydrogen-bond donors (Lipinski definition) is 1. The lowest BCUT2D eigenvalue weighted by atomic mass is 9.69. The number of nitrogens with zero attached hydrogens (tertiary/aromatic N) is 1. The van der Waals surface area contributed by atoms with Gasteiger partial charge in [0.15, 0.2) is 28.8 Å². The van der Waals surface area contributed by atoms with Crippen LogP contribution in [0, 0.1) is 5.92 Å². The second-order valence-corrected chi connectivity index (χ2v) is 10.5. The van der Waals surface area contributed by atoms with E-state index >= 15 is 0 Å². The quantitative estimate of drug-likeness (QED) is 0.241. The predicted molar refractivity (Wildman–Crippen MR) is 160 cm³/mol. The van der Waals surface area contributed by atoms with Gasteiger partial charge >= 0.3 is 5.97 Å². The molecule has 3 atom stereocenters. The van der Waals surface area contributed by atoms with Crippen LogP contribution in [-0.4, -0.2) is 57.1 Å². The molecule has 2 aliphatic rings. The number of hydrogen-bond acceptors (Lipinski definition) is 9. The first kappa shape index (κ1) is 29.7. The average molecular weight is 586 g/mol. The molecule has 3 aromatic rings. The normalized spacial score (nSPS) is 19.7. The summed E-state index contributed by atoms with van der Waals surface area (Å²) in [6.45, 7) is 1.98. The van der Waals surface area contributed by atoms with E-state index in [2.05, 4.69) is 0 Å². The molecule has 9 heteroatoms. The van der Waals surface area contributed by atoms with Crippen molar-refractivity contribution >= 4 is 17.5 Å². The van der Waals surface area contributed by atoms with E-state index in [-0.39, 0.29) is 37.1 Å². The minimum absolute atomic E-state index is 0.0271. The van der Waals surface area contributed by atoms with Crippen LogP contribution in [0.2, 0.25) is 0 Å². The van der Waals surface area contributed by atoms with Gasteiger partial charge in [0.1, 0.15) is 24.9 Å². The molecule has 0 aromatic heterocycles. The minimum Gasteiger partial charge on any atom is -0.504 e. The van der Waals surface area contributed by atoms with Gasteiger partial charge in [-0.2, -0.15) is 0 Å². The number of ketones is 1. The Bertz CT molecular complexity index is 1560. The van der Waals surface area contributed by atoms with Gasteiger partial charge in [-0.05, 0) is 66.8 Å². The molecule has 0 saturated carbocycles. The van der Waals surface area contributed by atoms with Crippen LogP contribution in [0.5, 0.6) is 28.7 Å². The summed E-state index contributed by atoms with van der Waals surface area (Å²) in [7, 11) is 4.61. The van der Waals surface area contributed by atoms with Crippen molar-refractivity contribution < 1.29 is 38.4 Å². The number of benzene rings is 3. The molecule has 1 N–H and O–H groups in total. The first-order valence-corrected chi connectivity index (χ1v) is 14.1. The predicted octanol–water partition coefficient (Wildman–Crippen LogP) is 5.62. The molecule has 5 rings (SSSR count). The maximum absolute atomic E-state index is 13.9. The van der Waals surface area contributed by atoms with Crippen LogP contribution in [0.25, 0.3) is 0 Å². The fourth-order valence-corrected chi connectivity index (χ4v) is 5.88. The second-order valence-electron chi connectivity index (χ2n) is 10.5. The highest BCUT2D eigenvalue weighted by Crippen LogP contribution is 2.48. The third kappa shape index (κ3) is 6.21. The van der Waals surface area contributed by atoms with Crippen LogP contribution < -0.4 is 18.9 Å². The Morgan fingerprint density at radius 2 is 1.56 bits per heavy atom. The van der Waals surface area contributed by atoms with Gasteiger partial charge in [0.2, 0.25) is 0 Å². The van der Waals surface area contributed by atoms with Gasteiger partial charge < -0.3 is 28.8 Å². The van der Waals surface area contributed by atoms with Crippen LogP contribution in [0.15, 0.2) is 83.0 Å². The molecule has 0 saturated heterocycles. The molecule has 0 spiro atoms. The van der Waals surface area contributed by atoms with Gasteiger partial charge in [-0.15, -0.1) is 0 Å². The van der Waals surface area contributed by atoms with E-state index in [1.807, 2.05) is 48.5 Å². The average Bonchev–Trinajstić information content (AvgIpc) is 3.02. The monoisotopic (exact) mass is 585 g/mol. The van der Waals surface area contributed by atoms with Crippen LogP contribution >= 0.6 is 0 Å². The molecule has 1 unspecified atom stereocenters. The molecular formula is C34H35NO8. The number of phenols is 1. The Labute approximate surface area is 250 Å². The third-order valence-electron chi connectivity index (χ3n) is 7.92. The number of methoxy groups -OCH3 is 3. The van der Waals surface area contributed by atoms with Gasteiger partial charge in [-0.3, -0.25) is 14.6 Å². The van der Waals surface area contributed by atoms with E-state index < -0.39 is 17.8 Å². The first-order chi connectivity index (χ1) is 20.8. The number of carbonyl (C=O) groups excluding carboxylic acids is 2. The zero-order chi connectivity index (χ0) is 30.5. The fraction of sp³-hybridized carbons (Fsp3) is 0.324. The van der Waals surface area contributed by atoms with E-state index in [9.17, 15) is 14.7 Å². The van der Waals surface area contributed by atoms with Crippen molar-refractivity contribution in [3.8, 4) is 28.7 Å².